The molecule has 1 saturated heterocycles. The van der Waals surface area contributed by atoms with Gasteiger partial charge in [0, 0.05) is 36.3 Å². The predicted octanol–water partition coefficient (Wildman–Crippen LogP) is 1.98. The fraction of sp³-hybridized carbons (Fsp3) is 0.412. The van der Waals surface area contributed by atoms with E-state index in [0.29, 0.717) is 31.0 Å². The molecule has 1 fully saturated rings. The SMILES string of the molecule is CC1CN(c2cccc(Cl)c2)C(=O)CN1C(=O)CCCn1cncn1. The van der Waals surface area contributed by atoms with Gasteiger partial charge in [-0.1, -0.05) is 17.7 Å². The first kappa shape index (κ1) is 17.4. The lowest BCUT2D eigenvalue weighted by Crippen LogP contribution is -2.57. The van der Waals surface area contributed by atoms with E-state index in [1.807, 2.05) is 19.1 Å². The highest BCUT2D eigenvalue weighted by Crippen LogP contribution is 2.23. The number of aromatic nitrogens is 3. The largest absolute Gasteiger partial charge is 0.329 e. The van der Waals surface area contributed by atoms with Gasteiger partial charge < -0.3 is 9.80 Å². The van der Waals surface area contributed by atoms with Gasteiger partial charge in [-0.2, -0.15) is 5.10 Å². The van der Waals surface area contributed by atoms with Gasteiger partial charge >= 0.3 is 0 Å². The van der Waals surface area contributed by atoms with Crippen molar-refractivity contribution >= 4 is 29.1 Å². The number of piperazine rings is 1. The molecule has 0 aliphatic carbocycles. The van der Waals surface area contributed by atoms with E-state index in [1.54, 1.807) is 32.9 Å². The first-order valence-corrected chi connectivity index (χ1v) is 8.60. The number of halogens is 1. The second-order valence-corrected chi connectivity index (χ2v) is 6.55. The van der Waals surface area contributed by atoms with E-state index in [2.05, 4.69) is 10.1 Å². The molecule has 0 radical (unpaired) electrons. The van der Waals surface area contributed by atoms with E-state index in [4.69, 9.17) is 11.6 Å². The van der Waals surface area contributed by atoms with Crippen LogP contribution in [0.3, 0.4) is 0 Å². The van der Waals surface area contributed by atoms with Crippen LogP contribution in [-0.4, -0.2) is 50.6 Å². The van der Waals surface area contributed by atoms with Crippen LogP contribution in [0.4, 0.5) is 5.69 Å². The Morgan fingerprint density at radius 3 is 2.96 bits per heavy atom. The molecular weight excluding hydrogens is 342 g/mol. The number of aryl methyl sites for hydroxylation is 1. The van der Waals surface area contributed by atoms with Gasteiger partial charge in [-0.15, -0.1) is 0 Å². The highest BCUT2D eigenvalue weighted by Gasteiger charge is 2.32. The smallest absolute Gasteiger partial charge is 0.246 e. The third-order valence-corrected chi connectivity index (χ3v) is 4.51. The standard InChI is InChI=1S/C17H20ClN5O2/c1-13-9-23(15-5-2-4-14(18)8-15)17(25)10-22(13)16(24)6-3-7-21-12-19-11-20-21/h2,4-5,8,11-13H,3,6-7,9-10H2,1H3. The molecule has 2 heterocycles. The Morgan fingerprint density at radius 2 is 2.24 bits per heavy atom. The first-order valence-electron chi connectivity index (χ1n) is 8.22. The molecule has 1 aliphatic heterocycles. The quantitative estimate of drug-likeness (QED) is 0.816. The molecule has 1 aromatic heterocycles. The average molecular weight is 362 g/mol. The van der Waals surface area contributed by atoms with Crippen molar-refractivity contribution in [2.45, 2.75) is 32.4 Å². The van der Waals surface area contributed by atoms with Crippen LogP contribution in [-0.2, 0) is 16.1 Å². The summed E-state index contributed by atoms with van der Waals surface area (Å²) < 4.78 is 1.69. The van der Waals surface area contributed by atoms with Crippen LogP contribution >= 0.6 is 11.6 Å². The van der Waals surface area contributed by atoms with Crippen LogP contribution in [0.2, 0.25) is 5.02 Å². The van der Waals surface area contributed by atoms with E-state index in [9.17, 15) is 9.59 Å². The first-order chi connectivity index (χ1) is 12.0. The third-order valence-electron chi connectivity index (χ3n) is 4.27. The summed E-state index contributed by atoms with van der Waals surface area (Å²) in [6, 6.07) is 7.16. The maximum Gasteiger partial charge on any atom is 0.246 e. The molecular formula is C17H20ClN5O2. The average Bonchev–Trinajstić information content (AvgIpc) is 3.10. The molecule has 132 valence electrons. The summed E-state index contributed by atoms with van der Waals surface area (Å²) in [5, 5.41) is 4.60. The fourth-order valence-electron chi connectivity index (χ4n) is 2.96. The topological polar surface area (TPSA) is 71.3 Å². The molecule has 0 N–H and O–H groups in total. The van der Waals surface area contributed by atoms with Crippen molar-refractivity contribution < 1.29 is 9.59 Å². The molecule has 1 atom stereocenters. The van der Waals surface area contributed by atoms with Crippen LogP contribution < -0.4 is 4.90 Å². The number of rotatable bonds is 5. The van der Waals surface area contributed by atoms with Gasteiger partial charge in [0.15, 0.2) is 0 Å². The molecule has 2 amide bonds. The van der Waals surface area contributed by atoms with Crippen molar-refractivity contribution in [3.63, 3.8) is 0 Å². The molecule has 3 rings (SSSR count). The maximum absolute atomic E-state index is 12.5. The predicted molar refractivity (Wildman–Crippen MR) is 94.2 cm³/mol. The van der Waals surface area contributed by atoms with Gasteiger partial charge in [0.1, 0.15) is 19.2 Å². The van der Waals surface area contributed by atoms with Gasteiger partial charge in [0.2, 0.25) is 11.8 Å². The zero-order valence-corrected chi connectivity index (χ0v) is 14.8. The number of hydrogen-bond acceptors (Lipinski definition) is 4. The highest BCUT2D eigenvalue weighted by atomic mass is 35.5. The molecule has 0 saturated carbocycles. The summed E-state index contributed by atoms with van der Waals surface area (Å²) in [5.74, 6) is -0.100. The van der Waals surface area contributed by atoms with E-state index in [0.717, 1.165) is 5.69 Å². The van der Waals surface area contributed by atoms with E-state index in [-0.39, 0.29) is 24.4 Å². The van der Waals surface area contributed by atoms with Crippen molar-refractivity contribution in [1.29, 1.82) is 0 Å². The number of hydrogen-bond donors (Lipinski definition) is 0. The number of carbonyl (C=O) groups is 2. The maximum atomic E-state index is 12.5. The summed E-state index contributed by atoms with van der Waals surface area (Å²) in [6.45, 7) is 3.15. The second kappa shape index (κ2) is 7.65. The van der Waals surface area contributed by atoms with Crippen molar-refractivity contribution in [2.75, 3.05) is 18.0 Å². The van der Waals surface area contributed by atoms with Crippen LogP contribution in [0.15, 0.2) is 36.9 Å². The Balaban J connectivity index is 1.57. The summed E-state index contributed by atoms with van der Waals surface area (Å²) in [7, 11) is 0. The van der Waals surface area contributed by atoms with Gasteiger partial charge in [-0.05, 0) is 31.5 Å². The van der Waals surface area contributed by atoms with Crippen LogP contribution in [0.25, 0.3) is 0 Å². The summed E-state index contributed by atoms with van der Waals surface area (Å²) >= 11 is 6.01. The zero-order valence-electron chi connectivity index (χ0n) is 14.0. The lowest BCUT2D eigenvalue weighted by atomic mass is 10.1. The summed E-state index contributed by atoms with van der Waals surface area (Å²) in [4.78, 5) is 32.2. The number of carbonyl (C=O) groups excluding carboxylic acids is 2. The number of amides is 2. The van der Waals surface area contributed by atoms with Gasteiger partial charge in [0.05, 0.1) is 0 Å². The van der Waals surface area contributed by atoms with Gasteiger partial charge in [-0.25, -0.2) is 4.98 Å². The lowest BCUT2D eigenvalue weighted by molar-refractivity contribution is -0.139. The Labute approximate surface area is 151 Å². The molecule has 0 bridgehead atoms. The van der Waals surface area contributed by atoms with Crippen molar-refractivity contribution in [3.8, 4) is 0 Å². The van der Waals surface area contributed by atoms with Crippen LogP contribution in [0.5, 0.6) is 0 Å². The van der Waals surface area contributed by atoms with Crippen molar-refractivity contribution in [3.05, 3.63) is 41.9 Å². The van der Waals surface area contributed by atoms with E-state index < -0.39 is 0 Å². The second-order valence-electron chi connectivity index (χ2n) is 6.12. The fourth-order valence-corrected chi connectivity index (χ4v) is 3.15. The number of anilines is 1. The summed E-state index contributed by atoms with van der Waals surface area (Å²) in [6.07, 6.45) is 4.14. The minimum atomic E-state index is -0.0926. The van der Waals surface area contributed by atoms with Crippen molar-refractivity contribution in [2.24, 2.45) is 0 Å². The molecule has 7 nitrogen and oxygen atoms in total. The molecule has 8 heteroatoms. The van der Waals surface area contributed by atoms with Gasteiger partial charge in [0.25, 0.3) is 0 Å². The van der Waals surface area contributed by atoms with Crippen LogP contribution in [0.1, 0.15) is 19.8 Å². The minimum Gasteiger partial charge on any atom is -0.329 e. The zero-order chi connectivity index (χ0) is 17.8. The lowest BCUT2D eigenvalue weighted by Gasteiger charge is -2.39. The molecule has 1 aliphatic rings. The number of nitrogens with zero attached hydrogens (tertiary/aromatic N) is 5. The molecule has 0 spiro atoms. The molecule has 1 aromatic carbocycles. The normalized spacial score (nSPS) is 17.8. The van der Waals surface area contributed by atoms with E-state index in [1.165, 1.54) is 6.33 Å². The van der Waals surface area contributed by atoms with Gasteiger partial charge in [-0.3, -0.25) is 14.3 Å². The van der Waals surface area contributed by atoms with E-state index >= 15 is 0 Å². The Morgan fingerprint density at radius 1 is 1.40 bits per heavy atom. The summed E-state index contributed by atoms with van der Waals surface area (Å²) in [5.41, 5.74) is 0.766. The minimum absolute atomic E-state index is 0.00768. The molecule has 1 unspecified atom stereocenters. The Kier molecular flexibility index (Phi) is 5.33. The molecule has 25 heavy (non-hydrogen) atoms. The van der Waals surface area contributed by atoms with Crippen LogP contribution in [0, 0.1) is 0 Å². The highest BCUT2D eigenvalue weighted by molar-refractivity contribution is 6.30. The van der Waals surface area contributed by atoms with Crippen molar-refractivity contribution in [1.82, 2.24) is 19.7 Å². The Hall–Kier alpha value is -2.41. The number of benzene rings is 1. The Bertz CT molecular complexity index is 749. The third kappa shape index (κ3) is 4.17. The monoisotopic (exact) mass is 361 g/mol. The molecule has 2 aromatic rings.